The van der Waals surface area contributed by atoms with Gasteiger partial charge in [-0.25, -0.2) is 14.4 Å². The lowest BCUT2D eigenvalue weighted by Crippen LogP contribution is -2.25. The molecule has 2 rings (SSSR count). The molecule has 14 nitrogen and oxygen atoms in total. The van der Waals surface area contributed by atoms with Gasteiger partial charge < -0.3 is 35.7 Å². The van der Waals surface area contributed by atoms with E-state index in [9.17, 15) is 33.6 Å². The van der Waals surface area contributed by atoms with Gasteiger partial charge in [0.25, 0.3) is 0 Å². The maximum absolute atomic E-state index is 10.6. The molecule has 0 spiro atoms. The number of benzene rings is 1. The first-order valence-electron chi connectivity index (χ1n) is 12.9. The van der Waals surface area contributed by atoms with Crippen LogP contribution in [0.25, 0.3) is 0 Å². The topological polar surface area (TPSA) is 261 Å². The van der Waals surface area contributed by atoms with Crippen molar-refractivity contribution in [1.82, 2.24) is 0 Å². The lowest BCUT2D eigenvalue weighted by atomic mass is 9.82. The fourth-order valence-corrected chi connectivity index (χ4v) is 3.89. The summed E-state index contributed by atoms with van der Waals surface area (Å²) in [6.45, 7) is 0. The highest BCUT2D eigenvalue weighted by atomic mass is 16.4. The fraction of sp³-hybridized carbons (Fsp3) is 0.519. The van der Waals surface area contributed by atoms with Crippen LogP contribution in [-0.2, 0) is 19.2 Å². The number of aliphatic carboxylic acids is 4. The number of rotatable bonds is 14. The van der Waals surface area contributed by atoms with Crippen LogP contribution in [0, 0.1) is 11.8 Å². The third-order valence-electron chi connectivity index (χ3n) is 6.18. The minimum atomic E-state index is -1.48. The second-order valence-corrected chi connectivity index (χ2v) is 9.31. The summed E-state index contributed by atoms with van der Waals surface area (Å²) in [6.07, 6.45) is 7.85. The van der Waals surface area contributed by atoms with E-state index >= 15 is 0 Å². The molecule has 1 aromatic rings. The van der Waals surface area contributed by atoms with Crippen LogP contribution in [0.15, 0.2) is 18.2 Å². The van der Waals surface area contributed by atoms with Crippen LogP contribution in [0.4, 0.5) is 0 Å². The largest absolute Gasteiger partial charge is 0.481 e. The van der Waals surface area contributed by atoms with Gasteiger partial charge in [0.05, 0.1) is 28.5 Å². The molecular formula is C27H36O14. The third kappa shape index (κ3) is 16.3. The van der Waals surface area contributed by atoms with Crippen LogP contribution in [0.3, 0.4) is 0 Å². The lowest BCUT2D eigenvalue weighted by molar-refractivity contribution is -0.148. The molecule has 0 atom stereocenters. The Morgan fingerprint density at radius 1 is 0.512 bits per heavy atom. The van der Waals surface area contributed by atoms with Gasteiger partial charge in [-0.2, -0.15) is 0 Å². The number of hydrogen-bond donors (Lipinski definition) is 7. The summed E-state index contributed by atoms with van der Waals surface area (Å²) in [6, 6.07) is 2.81. The second kappa shape index (κ2) is 19.6. The van der Waals surface area contributed by atoms with Gasteiger partial charge >= 0.3 is 41.8 Å². The molecule has 0 bridgehead atoms. The Morgan fingerprint density at radius 2 is 0.878 bits per heavy atom. The van der Waals surface area contributed by atoms with E-state index in [1.54, 1.807) is 0 Å². The second-order valence-electron chi connectivity index (χ2n) is 9.31. The molecule has 0 saturated heterocycles. The Bertz CT molecular complexity index is 1030. The van der Waals surface area contributed by atoms with E-state index in [2.05, 4.69) is 0 Å². The smallest absolute Gasteiger partial charge is 0.336 e. The summed E-state index contributed by atoms with van der Waals surface area (Å²) >= 11 is 0. The molecule has 1 aliphatic rings. The molecular weight excluding hydrogens is 548 g/mol. The number of hydrogen-bond acceptors (Lipinski definition) is 7. The van der Waals surface area contributed by atoms with Crippen LogP contribution in [0.1, 0.15) is 108 Å². The molecule has 0 unspecified atom stereocenters. The van der Waals surface area contributed by atoms with Gasteiger partial charge in [-0.05, 0) is 56.7 Å². The first kappa shape index (κ1) is 36.5. The quantitative estimate of drug-likeness (QED) is 0.152. The normalized spacial score (nSPS) is 15.6. The van der Waals surface area contributed by atoms with E-state index in [4.69, 9.17) is 35.7 Å². The maximum atomic E-state index is 10.6. The molecule has 1 saturated carbocycles. The average molecular weight is 585 g/mol. The van der Waals surface area contributed by atoms with Gasteiger partial charge in [0.1, 0.15) is 0 Å². The summed E-state index contributed by atoms with van der Waals surface area (Å²) in [5, 5.41) is 59.8. The SMILES string of the molecule is O=C(O)C1CCC(C(=O)O)CC1.O=C(O)CCCCCCCCC(=O)O.O=C(O)c1ccc(C(=O)O)c(C(=O)O)c1. The predicted octanol–water partition coefficient (Wildman–Crippen LogP) is 4.02. The van der Waals surface area contributed by atoms with Crippen LogP contribution in [0.2, 0.25) is 0 Å². The molecule has 0 radical (unpaired) electrons. The maximum Gasteiger partial charge on any atom is 0.336 e. The van der Waals surface area contributed by atoms with E-state index in [-0.39, 0.29) is 30.2 Å². The van der Waals surface area contributed by atoms with Crippen LogP contribution < -0.4 is 0 Å². The zero-order valence-corrected chi connectivity index (χ0v) is 22.4. The van der Waals surface area contributed by atoms with Gasteiger partial charge in [-0.3, -0.25) is 19.2 Å². The lowest BCUT2D eigenvalue weighted by Gasteiger charge is -2.22. The van der Waals surface area contributed by atoms with Crippen molar-refractivity contribution >= 4 is 41.8 Å². The third-order valence-corrected chi connectivity index (χ3v) is 6.18. The van der Waals surface area contributed by atoms with Gasteiger partial charge in [-0.15, -0.1) is 0 Å². The first-order chi connectivity index (χ1) is 19.2. The molecule has 1 aliphatic carbocycles. The number of carboxylic acid groups (broad SMARTS) is 7. The van der Waals surface area contributed by atoms with Gasteiger partial charge in [0.15, 0.2) is 0 Å². The van der Waals surface area contributed by atoms with E-state index in [0.29, 0.717) is 25.7 Å². The summed E-state index contributed by atoms with van der Waals surface area (Å²) in [5.74, 6) is -7.90. The number of carboxylic acids is 7. The molecule has 0 heterocycles. The van der Waals surface area contributed by atoms with E-state index in [1.165, 1.54) is 0 Å². The van der Waals surface area contributed by atoms with Crippen LogP contribution >= 0.6 is 0 Å². The molecule has 14 heteroatoms. The van der Waals surface area contributed by atoms with Crippen molar-refractivity contribution in [3.8, 4) is 0 Å². The highest BCUT2D eigenvalue weighted by Gasteiger charge is 2.29. The first-order valence-corrected chi connectivity index (χ1v) is 12.9. The minimum Gasteiger partial charge on any atom is -0.481 e. The van der Waals surface area contributed by atoms with Crippen LogP contribution in [0.5, 0.6) is 0 Å². The Kier molecular flexibility index (Phi) is 17.4. The molecule has 0 aromatic heterocycles. The zero-order valence-electron chi connectivity index (χ0n) is 22.4. The van der Waals surface area contributed by atoms with Crippen molar-refractivity contribution in [3.63, 3.8) is 0 Å². The molecule has 7 N–H and O–H groups in total. The minimum absolute atomic E-state index is 0.245. The zero-order chi connectivity index (χ0) is 31.5. The van der Waals surface area contributed by atoms with E-state index in [0.717, 1.165) is 56.7 Å². The Hall–Kier alpha value is -4.49. The summed E-state index contributed by atoms with van der Waals surface area (Å²) in [7, 11) is 0. The number of unbranched alkanes of at least 4 members (excludes halogenated alkanes) is 5. The molecule has 1 fully saturated rings. The summed E-state index contributed by atoms with van der Waals surface area (Å²) < 4.78 is 0. The summed E-state index contributed by atoms with van der Waals surface area (Å²) in [4.78, 5) is 73.0. The molecule has 0 amide bonds. The highest BCUT2D eigenvalue weighted by molar-refractivity contribution is 6.03. The molecule has 228 valence electrons. The molecule has 41 heavy (non-hydrogen) atoms. The highest BCUT2D eigenvalue weighted by Crippen LogP contribution is 2.28. The monoisotopic (exact) mass is 584 g/mol. The number of carbonyl (C=O) groups is 7. The van der Waals surface area contributed by atoms with Crippen molar-refractivity contribution in [3.05, 3.63) is 34.9 Å². The van der Waals surface area contributed by atoms with Crippen molar-refractivity contribution in [2.24, 2.45) is 11.8 Å². The molecule has 0 aliphatic heterocycles. The summed E-state index contributed by atoms with van der Waals surface area (Å²) in [5.41, 5.74) is -1.24. The van der Waals surface area contributed by atoms with Gasteiger partial charge in [-0.1, -0.05) is 25.7 Å². The fourth-order valence-electron chi connectivity index (χ4n) is 3.89. The van der Waals surface area contributed by atoms with Gasteiger partial charge in [0.2, 0.25) is 0 Å². The molecule has 1 aromatic carbocycles. The number of aromatic carboxylic acids is 3. The van der Waals surface area contributed by atoms with Crippen molar-refractivity contribution < 1.29 is 69.3 Å². The standard InChI is InChI=1S/C10H18O4.C9H6O6.C8H12O4/c11-9(12)7-5-3-1-2-4-6-8-10(13)14;10-7(11)4-1-2-5(8(12)13)6(3-4)9(14)15;9-7(10)5-1-2-6(4-3-5)8(11)12/h1-8H2,(H,11,12)(H,13,14);1-3H,(H,10,11)(H,12,13)(H,14,15);5-6H,1-4H2,(H,9,10)(H,11,12). The van der Waals surface area contributed by atoms with Crippen molar-refractivity contribution in [2.75, 3.05) is 0 Å². The van der Waals surface area contributed by atoms with Crippen molar-refractivity contribution in [1.29, 1.82) is 0 Å². The predicted molar refractivity (Wildman–Crippen MR) is 140 cm³/mol. The average Bonchev–Trinajstić information content (AvgIpc) is 2.90. The Morgan fingerprint density at radius 3 is 1.17 bits per heavy atom. The van der Waals surface area contributed by atoms with E-state index in [1.807, 2.05) is 0 Å². The van der Waals surface area contributed by atoms with Crippen LogP contribution in [-0.4, -0.2) is 77.5 Å². The Balaban J connectivity index is 0.000000589. The Labute approximate surface area is 235 Å². The van der Waals surface area contributed by atoms with Gasteiger partial charge in [0, 0.05) is 12.8 Å². The van der Waals surface area contributed by atoms with Crippen molar-refractivity contribution in [2.45, 2.75) is 77.0 Å². The van der Waals surface area contributed by atoms with E-state index < -0.39 is 52.9 Å².